The number of esters is 1. The van der Waals surface area contributed by atoms with Gasteiger partial charge in [0.05, 0.1) is 17.7 Å². The molecular weight excluding hydrogens is 348 g/mol. The molecular formula is C20H26N2O5. The Balaban J connectivity index is 1.74. The molecule has 7 nitrogen and oxygen atoms in total. The molecule has 0 radical (unpaired) electrons. The van der Waals surface area contributed by atoms with Crippen LogP contribution >= 0.6 is 0 Å². The molecule has 2 rings (SSSR count). The average Bonchev–Trinajstić information content (AvgIpc) is 2.92. The van der Waals surface area contributed by atoms with E-state index in [1.165, 1.54) is 6.92 Å². The van der Waals surface area contributed by atoms with E-state index in [4.69, 9.17) is 4.74 Å². The van der Waals surface area contributed by atoms with Gasteiger partial charge in [-0.15, -0.1) is 0 Å². The van der Waals surface area contributed by atoms with Crippen molar-refractivity contribution < 1.29 is 23.9 Å². The number of hydrogen-bond acceptors (Lipinski definition) is 5. The number of carbonyl (C=O) groups is 4. The summed E-state index contributed by atoms with van der Waals surface area (Å²) in [6, 6.07) is 5.43. The van der Waals surface area contributed by atoms with E-state index < -0.39 is 23.8 Å². The van der Waals surface area contributed by atoms with Gasteiger partial charge in [0.2, 0.25) is 5.91 Å². The zero-order valence-electron chi connectivity index (χ0n) is 15.8. The number of imide groups is 1. The number of unbranched alkanes of at least 4 members (excludes halogenated alkanes) is 3. The van der Waals surface area contributed by atoms with E-state index >= 15 is 0 Å². The lowest BCUT2D eigenvalue weighted by atomic mass is 10.1. The van der Waals surface area contributed by atoms with Gasteiger partial charge in [-0.1, -0.05) is 38.3 Å². The molecule has 1 atom stereocenters. The molecule has 0 saturated heterocycles. The second kappa shape index (κ2) is 9.85. The molecule has 0 saturated carbocycles. The molecule has 1 N–H and O–H groups in total. The van der Waals surface area contributed by atoms with Gasteiger partial charge in [-0.25, -0.2) is 4.79 Å². The molecule has 7 heteroatoms. The van der Waals surface area contributed by atoms with E-state index in [1.807, 2.05) is 0 Å². The van der Waals surface area contributed by atoms with Crippen molar-refractivity contribution in [2.75, 3.05) is 13.2 Å². The lowest BCUT2D eigenvalue weighted by Gasteiger charge is -2.20. The Kier molecular flexibility index (Phi) is 7.52. The minimum Gasteiger partial charge on any atom is -0.462 e. The maximum Gasteiger partial charge on any atom is 0.329 e. The number of hydrogen-bond donors (Lipinski definition) is 1. The Bertz CT molecular complexity index is 681. The van der Waals surface area contributed by atoms with E-state index in [2.05, 4.69) is 12.2 Å². The summed E-state index contributed by atoms with van der Waals surface area (Å²) in [5.41, 5.74) is 0.579. The molecule has 0 aromatic heterocycles. The smallest absolute Gasteiger partial charge is 0.329 e. The van der Waals surface area contributed by atoms with E-state index in [0.717, 1.165) is 30.6 Å². The van der Waals surface area contributed by atoms with Crippen molar-refractivity contribution in [1.29, 1.82) is 0 Å². The predicted octanol–water partition coefficient (Wildman–Crippen LogP) is 2.30. The van der Waals surface area contributed by atoms with Gasteiger partial charge in [-0.3, -0.25) is 19.3 Å². The molecule has 0 bridgehead atoms. The van der Waals surface area contributed by atoms with Gasteiger partial charge in [0, 0.05) is 6.42 Å². The molecule has 146 valence electrons. The summed E-state index contributed by atoms with van der Waals surface area (Å²) in [6.45, 7) is 3.76. The first-order valence-electron chi connectivity index (χ1n) is 9.37. The van der Waals surface area contributed by atoms with E-state index in [1.54, 1.807) is 24.3 Å². The third-order valence-electron chi connectivity index (χ3n) is 4.48. The summed E-state index contributed by atoms with van der Waals surface area (Å²) in [5.74, 6) is -1.75. The quantitative estimate of drug-likeness (QED) is 0.385. The number of carbonyl (C=O) groups excluding carboxylic acids is 4. The van der Waals surface area contributed by atoms with Gasteiger partial charge in [0.1, 0.15) is 12.6 Å². The molecule has 1 heterocycles. The second-order valence-electron chi connectivity index (χ2n) is 6.53. The van der Waals surface area contributed by atoms with Crippen molar-refractivity contribution in [3.63, 3.8) is 0 Å². The van der Waals surface area contributed by atoms with Crippen LogP contribution in [0.3, 0.4) is 0 Å². The van der Waals surface area contributed by atoms with Crippen molar-refractivity contribution in [2.24, 2.45) is 0 Å². The highest BCUT2D eigenvalue weighted by atomic mass is 16.5. The summed E-state index contributed by atoms with van der Waals surface area (Å²) >= 11 is 0. The van der Waals surface area contributed by atoms with E-state index in [0.29, 0.717) is 6.42 Å². The van der Waals surface area contributed by atoms with Crippen LogP contribution in [0.25, 0.3) is 0 Å². The SMILES string of the molecule is CCCCCCC(=O)NCCOC(=O)C(C)N1C(=O)c2ccccc2C1=O. The Morgan fingerprint density at radius 3 is 2.30 bits per heavy atom. The van der Waals surface area contributed by atoms with Crippen LogP contribution in [0.15, 0.2) is 24.3 Å². The van der Waals surface area contributed by atoms with Crippen molar-refractivity contribution >= 4 is 23.7 Å². The molecule has 1 unspecified atom stereocenters. The van der Waals surface area contributed by atoms with Crippen molar-refractivity contribution in [2.45, 2.75) is 52.0 Å². The Morgan fingerprint density at radius 2 is 1.70 bits per heavy atom. The van der Waals surface area contributed by atoms with Gasteiger partial charge >= 0.3 is 5.97 Å². The summed E-state index contributed by atoms with van der Waals surface area (Å²) in [4.78, 5) is 49.5. The van der Waals surface area contributed by atoms with Crippen molar-refractivity contribution in [1.82, 2.24) is 10.2 Å². The highest BCUT2D eigenvalue weighted by Gasteiger charge is 2.41. The van der Waals surface area contributed by atoms with E-state index in [9.17, 15) is 19.2 Å². The molecule has 0 spiro atoms. The lowest BCUT2D eigenvalue weighted by Crippen LogP contribution is -2.44. The summed E-state index contributed by atoms with van der Waals surface area (Å²) < 4.78 is 5.11. The molecule has 0 aliphatic carbocycles. The third kappa shape index (κ3) is 5.15. The second-order valence-corrected chi connectivity index (χ2v) is 6.53. The van der Waals surface area contributed by atoms with Crippen LogP contribution in [0.2, 0.25) is 0 Å². The highest BCUT2D eigenvalue weighted by molar-refractivity contribution is 6.22. The molecule has 1 aliphatic rings. The number of nitrogens with one attached hydrogen (secondary N) is 1. The van der Waals surface area contributed by atoms with Gasteiger partial charge in [-0.2, -0.15) is 0 Å². The largest absolute Gasteiger partial charge is 0.462 e. The monoisotopic (exact) mass is 374 g/mol. The van der Waals surface area contributed by atoms with E-state index in [-0.39, 0.29) is 30.2 Å². The maximum absolute atomic E-state index is 12.4. The maximum atomic E-state index is 12.4. The first kappa shape index (κ1) is 20.6. The van der Waals surface area contributed by atoms with Crippen molar-refractivity contribution in [3.8, 4) is 0 Å². The Morgan fingerprint density at radius 1 is 1.07 bits per heavy atom. The Hall–Kier alpha value is -2.70. The number of amides is 3. The molecule has 0 fully saturated rings. The summed E-state index contributed by atoms with van der Waals surface area (Å²) in [7, 11) is 0. The van der Waals surface area contributed by atoms with Crippen LogP contribution in [-0.4, -0.2) is 47.8 Å². The topological polar surface area (TPSA) is 92.8 Å². The fourth-order valence-corrected chi connectivity index (χ4v) is 2.93. The first-order valence-corrected chi connectivity index (χ1v) is 9.37. The molecule has 27 heavy (non-hydrogen) atoms. The lowest BCUT2D eigenvalue weighted by molar-refractivity contribution is -0.147. The normalized spacial score (nSPS) is 14.1. The van der Waals surface area contributed by atoms with Crippen LogP contribution in [0.1, 0.15) is 66.7 Å². The first-order chi connectivity index (χ1) is 13.0. The minimum absolute atomic E-state index is 0.00690. The van der Waals surface area contributed by atoms with Crippen LogP contribution in [-0.2, 0) is 14.3 Å². The number of benzene rings is 1. The predicted molar refractivity (Wildman–Crippen MR) is 99.1 cm³/mol. The molecule has 3 amide bonds. The van der Waals surface area contributed by atoms with Gasteiger partial charge in [0.15, 0.2) is 0 Å². The summed E-state index contributed by atoms with van der Waals surface area (Å²) in [6.07, 6.45) is 4.55. The number of ether oxygens (including phenoxy) is 1. The highest BCUT2D eigenvalue weighted by Crippen LogP contribution is 2.24. The van der Waals surface area contributed by atoms with Gasteiger partial charge in [0.25, 0.3) is 11.8 Å². The van der Waals surface area contributed by atoms with Gasteiger partial charge < -0.3 is 10.1 Å². The van der Waals surface area contributed by atoms with Crippen molar-refractivity contribution in [3.05, 3.63) is 35.4 Å². The molecule has 1 aromatic carbocycles. The van der Waals surface area contributed by atoms with Crippen LogP contribution in [0.4, 0.5) is 0 Å². The number of nitrogens with zero attached hydrogens (tertiary/aromatic N) is 1. The van der Waals surface area contributed by atoms with Gasteiger partial charge in [-0.05, 0) is 25.5 Å². The fourth-order valence-electron chi connectivity index (χ4n) is 2.93. The summed E-state index contributed by atoms with van der Waals surface area (Å²) in [5, 5.41) is 2.69. The van der Waals surface area contributed by atoms with Crippen LogP contribution in [0.5, 0.6) is 0 Å². The number of fused-ring (bicyclic) bond motifs is 1. The average molecular weight is 374 g/mol. The number of rotatable bonds is 10. The fraction of sp³-hybridized carbons (Fsp3) is 0.500. The van der Waals surface area contributed by atoms with Crippen LogP contribution < -0.4 is 5.32 Å². The molecule has 1 aliphatic heterocycles. The Labute approximate surface area is 159 Å². The third-order valence-corrected chi connectivity index (χ3v) is 4.48. The van der Waals surface area contributed by atoms with Crippen LogP contribution in [0, 0.1) is 0 Å². The minimum atomic E-state index is -1.03. The zero-order valence-corrected chi connectivity index (χ0v) is 15.8. The zero-order chi connectivity index (χ0) is 19.8. The standard InChI is InChI=1S/C20H26N2O5/c1-3-4-5-6-11-17(23)21-12-13-27-20(26)14(2)22-18(24)15-9-7-8-10-16(15)19(22)25/h7-10,14H,3-6,11-13H2,1-2H3,(H,21,23). The molecule has 1 aromatic rings.